The molecule has 0 saturated heterocycles. The number of hydrogen-bond donors (Lipinski definition) is 1. The summed E-state index contributed by atoms with van der Waals surface area (Å²) in [6, 6.07) is 9.12. The van der Waals surface area contributed by atoms with Crippen molar-refractivity contribution in [2.75, 3.05) is 19.8 Å². The van der Waals surface area contributed by atoms with Gasteiger partial charge in [0.15, 0.2) is 0 Å². The van der Waals surface area contributed by atoms with E-state index in [2.05, 4.69) is 43.4 Å². The van der Waals surface area contributed by atoms with Crippen molar-refractivity contribution < 1.29 is 4.74 Å². The SMILES string of the molecule is CCOCCCN[C@H](C)c1ccc(C)cc1. The number of benzene rings is 1. The van der Waals surface area contributed by atoms with Crippen LogP contribution in [0.4, 0.5) is 0 Å². The summed E-state index contributed by atoms with van der Waals surface area (Å²) in [5, 5.41) is 3.50. The first-order valence-electron chi connectivity index (χ1n) is 6.11. The second-order valence-corrected chi connectivity index (χ2v) is 4.14. The summed E-state index contributed by atoms with van der Waals surface area (Å²) in [6.45, 7) is 9.02. The Labute approximate surface area is 99.0 Å². The Morgan fingerprint density at radius 3 is 2.56 bits per heavy atom. The minimum Gasteiger partial charge on any atom is -0.382 e. The lowest BCUT2D eigenvalue weighted by atomic mass is 10.1. The van der Waals surface area contributed by atoms with Gasteiger partial charge in [-0.15, -0.1) is 0 Å². The molecule has 1 rings (SSSR count). The number of ether oxygens (including phenoxy) is 1. The molecular weight excluding hydrogens is 198 g/mol. The molecule has 16 heavy (non-hydrogen) atoms. The van der Waals surface area contributed by atoms with Crippen LogP contribution in [0.1, 0.15) is 37.4 Å². The van der Waals surface area contributed by atoms with Crippen molar-refractivity contribution in [3.8, 4) is 0 Å². The molecule has 0 aromatic heterocycles. The standard InChI is InChI=1S/C14H23NO/c1-4-16-11-5-10-15-13(3)14-8-6-12(2)7-9-14/h6-9,13,15H,4-5,10-11H2,1-3H3/t13-/m1/s1. The molecule has 1 N–H and O–H groups in total. The molecule has 0 bridgehead atoms. The molecule has 0 aliphatic heterocycles. The number of hydrogen-bond acceptors (Lipinski definition) is 2. The van der Waals surface area contributed by atoms with Gasteiger partial charge in [0, 0.05) is 19.3 Å². The minimum atomic E-state index is 0.419. The molecular formula is C14H23NO. The molecule has 1 aromatic carbocycles. The predicted molar refractivity (Wildman–Crippen MR) is 68.7 cm³/mol. The van der Waals surface area contributed by atoms with Crippen molar-refractivity contribution in [3.05, 3.63) is 35.4 Å². The average molecular weight is 221 g/mol. The smallest absolute Gasteiger partial charge is 0.0477 e. The van der Waals surface area contributed by atoms with E-state index in [-0.39, 0.29) is 0 Å². The lowest BCUT2D eigenvalue weighted by Gasteiger charge is -2.14. The Morgan fingerprint density at radius 1 is 1.25 bits per heavy atom. The highest BCUT2D eigenvalue weighted by Gasteiger charge is 2.02. The van der Waals surface area contributed by atoms with Crippen LogP contribution in [-0.2, 0) is 4.74 Å². The van der Waals surface area contributed by atoms with E-state index in [4.69, 9.17) is 4.74 Å². The summed E-state index contributed by atoms with van der Waals surface area (Å²) in [6.07, 6.45) is 1.07. The van der Waals surface area contributed by atoms with Crippen molar-refractivity contribution in [1.29, 1.82) is 0 Å². The third-order valence-corrected chi connectivity index (χ3v) is 2.70. The van der Waals surface area contributed by atoms with E-state index in [1.165, 1.54) is 11.1 Å². The molecule has 0 saturated carbocycles. The lowest BCUT2D eigenvalue weighted by Crippen LogP contribution is -2.20. The molecule has 1 aromatic rings. The van der Waals surface area contributed by atoms with Gasteiger partial charge in [0.1, 0.15) is 0 Å². The summed E-state index contributed by atoms with van der Waals surface area (Å²) >= 11 is 0. The fourth-order valence-electron chi connectivity index (χ4n) is 1.61. The number of rotatable bonds is 7. The van der Waals surface area contributed by atoms with Gasteiger partial charge in [-0.2, -0.15) is 0 Å². The lowest BCUT2D eigenvalue weighted by molar-refractivity contribution is 0.144. The first-order valence-corrected chi connectivity index (χ1v) is 6.11. The second-order valence-electron chi connectivity index (χ2n) is 4.14. The van der Waals surface area contributed by atoms with E-state index in [0.717, 1.165) is 26.2 Å². The van der Waals surface area contributed by atoms with Gasteiger partial charge in [-0.1, -0.05) is 29.8 Å². The minimum absolute atomic E-state index is 0.419. The van der Waals surface area contributed by atoms with E-state index in [1.54, 1.807) is 0 Å². The molecule has 0 amide bonds. The van der Waals surface area contributed by atoms with Crippen LogP contribution in [0.25, 0.3) is 0 Å². The number of aryl methyl sites for hydroxylation is 1. The van der Waals surface area contributed by atoms with Crippen LogP contribution >= 0.6 is 0 Å². The monoisotopic (exact) mass is 221 g/mol. The van der Waals surface area contributed by atoms with E-state index in [1.807, 2.05) is 6.92 Å². The van der Waals surface area contributed by atoms with E-state index < -0.39 is 0 Å². The summed E-state index contributed by atoms with van der Waals surface area (Å²) in [5.74, 6) is 0. The van der Waals surface area contributed by atoms with Crippen LogP contribution in [0.15, 0.2) is 24.3 Å². The molecule has 0 aliphatic rings. The summed E-state index contributed by atoms with van der Waals surface area (Å²) < 4.78 is 5.30. The normalized spacial score (nSPS) is 12.7. The van der Waals surface area contributed by atoms with E-state index >= 15 is 0 Å². The average Bonchev–Trinajstić information content (AvgIpc) is 2.29. The molecule has 0 fully saturated rings. The van der Waals surface area contributed by atoms with Gasteiger partial charge in [-0.05, 0) is 39.3 Å². The molecule has 0 spiro atoms. The predicted octanol–water partition coefficient (Wildman–Crippen LogP) is 3.07. The zero-order valence-corrected chi connectivity index (χ0v) is 10.6. The van der Waals surface area contributed by atoms with E-state index in [0.29, 0.717) is 6.04 Å². The van der Waals surface area contributed by atoms with Crippen LogP contribution in [0, 0.1) is 6.92 Å². The Kier molecular flexibility index (Phi) is 6.12. The van der Waals surface area contributed by atoms with Crippen molar-refractivity contribution in [2.24, 2.45) is 0 Å². The highest BCUT2D eigenvalue weighted by molar-refractivity contribution is 5.23. The largest absolute Gasteiger partial charge is 0.382 e. The van der Waals surface area contributed by atoms with Crippen LogP contribution in [0.3, 0.4) is 0 Å². The number of nitrogens with one attached hydrogen (secondary N) is 1. The van der Waals surface area contributed by atoms with E-state index in [9.17, 15) is 0 Å². The third kappa shape index (κ3) is 4.77. The highest BCUT2D eigenvalue weighted by atomic mass is 16.5. The highest BCUT2D eigenvalue weighted by Crippen LogP contribution is 2.12. The van der Waals surface area contributed by atoms with Crippen LogP contribution in [0.2, 0.25) is 0 Å². The van der Waals surface area contributed by atoms with Gasteiger partial charge in [-0.25, -0.2) is 0 Å². The molecule has 2 heteroatoms. The maximum Gasteiger partial charge on any atom is 0.0477 e. The topological polar surface area (TPSA) is 21.3 Å². The first-order chi connectivity index (χ1) is 7.74. The zero-order valence-electron chi connectivity index (χ0n) is 10.6. The van der Waals surface area contributed by atoms with Crippen molar-refractivity contribution in [2.45, 2.75) is 33.2 Å². The Bertz CT molecular complexity index is 281. The third-order valence-electron chi connectivity index (χ3n) is 2.70. The zero-order chi connectivity index (χ0) is 11.8. The summed E-state index contributed by atoms with van der Waals surface area (Å²) in [5.41, 5.74) is 2.66. The molecule has 1 atom stereocenters. The summed E-state index contributed by atoms with van der Waals surface area (Å²) in [4.78, 5) is 0. The van der Waals surface area contributed by atoms with Crippen molar-refractivity contribution >= 4 is 0 Å². The van der Waals surface area contributed by atoms with Gasteiger partial charge in [0.2, 0.25) is 0 Å². The van der Waals surface area contributed by atoms with Gasteiger partial charge >= 0.3 is 0 Å². The Hall–Kier alpha value is -0.860. The van der Waals surface area contributed by atoms with Crippen LogP contribution in [0.5, 0.6) is 0 Å². The van der Waals surface area contributed by atoms with Crippen LogP contribution < -0.4 is 5.32 Å². The molecule has 2 nitrogen and oxygen atoms in total. The first kappa shape index (κ1) is 13.2. The second kappa shape index (κ2) is 7.42. The summed E-state index contributed by atoms with van der Waals surface area (Å²) in [7, 11) is 0. The molecule has 90 valence electrons. The quantitative estimate of drug-likeness (QED) is 0.714. The maximum absolute atomic E-state index is 5.30. The Morgan fingerprint density at radius 2 is 1.94 bits per heavy atom. The van der Waals surface area contributed by atoms with Crippen molar-refractivity contribution in [1.82, 2.24) is 5.32 Å². The van der Waals surface area contributed by atoms with Gasteiger partial charge in [0.25, 0.3) is 0 Å². The maximum atomic E-state index is 5.30. The van der Waals surface area contributed by atoms with Gasteiger partial charge in [-0.3, -0.25) is 0 Å². The van der Waals surface area contributed by atoms with Crippen molar-refractivity contribution in [3.63, 3.8) is 0 Å². The molecule has 0 heterocycles. The van der Waals surface area contributed by atoms with Gasteiger partial charge in [0.05, 0.1) is 0 Å². The fraction of sp³-hybridized carbons (Fsp3) is 0.571. The molecule has 0 aliphatic carbocycles. The van der Waals surface area contributed by atoms with Gasteiger partial charge < -0.3 is 10.1 Å². The fourth-order valence-corrected chi connectivity index (χ4v) is 1.61. The Balaban J connectivity index is 2.24. The van der Waals surface area contributed by atoms with Crippen LogP contribution in [-0.4, -0.2) is 19.8 Å². The molecule has 0 unspecified atom stereocenters. The molecule has 0 radical (unpaired) electrons.